The Kier molecular flexibility index (Phi) is 5.64. The molecule has 1 aliphatic carbocycles. The van der Waals surface area contributed by atoms with Gasteiger partial charge in [-0.1, -0.05) is 33.6 Å². The smallest absolute Gasteiger partial charge is 0.0524 e. The van der Waals surface area contributed by atoms with Crippen molar-refractivity contribution in [3.8, 4) is 0 Å². The summed E-state index contributed by atoms with van der Waals surface area (Å²) in [5.41, 5.74) is 1.46. The zero-order valence-electron chi connectivity index (χ0n) is 13.6. The molecule has 1 aliphatic rings. The first-order valence-corrected chi connectivity index (χ1v) is 8.39. The minimum Gasteiger partial charge on any atom is -0.314 e. The van der Waals surface area contributed by atoms with Crippen molar-refractivity contribution in [2.24, 2.45) is 11.8 Å². The van der Waals surface area contributed by atoms with Gasteiger partial charge in [-0.3, -0.25) is 4.68 Å². The molecule has 0 aromatic carbocycles. The van der Waals surface area contributed by atoms with Crippen LogP contribution in [0, 0.1) is 11.8 Å². The van der Waals surface area contributed by atoms with E-state index in [1.54, 1.807) is 0 Å². The largest absolute Gasteiger partial charge is 0.314 e. The maximum Gasteiger partial charge on any atom is 0.0524 e. The Labute approximate surface area is 124 Å². The van der Waals surface area contributed by atoms with Gasteiger partial charge in [-0.2, -0.15) is 5.10 Å². The average molecular weight is 277 g/mol. The lowest BCUT2D eigenvalue weighted by Gasteiger charge is -2.36. The maximum absolute atomic E-state index is 4.49. The van der Waals surface area contributed by atoms with E-state index in [9.17, 15) is 0 Å². The Bertz CT molecular complexity index is 397. The molecule has 1 saturated carbocycles. The molecule has 3 heteroatoms. The van der Waals surface area contributed by atoms with E-state index in [0.717, 1.165) is 24.9 Å². The predicted molar refractivity (Wildman–Crippen MR) is 84.9 cm³/mol. The monoisotopic (exact) mass is 277 g/mol. The lowest BCUT2D eigenvalue weighted by Crippen LogP contribution is -2.35. The van der Waals surface area contributed by atoms with Crippen LogP contribution in [0.15, 0.2) is 12.4 Å². The van der Waals surface area contributed by atoms with E-state index < -0.39 is 0 Å². The van der Waals surface area contributed by atoms with Crippen molar-refractivity contribution in [3.05, 3.63) is 18.0 Å². The number of nitrogens with zero attached hydrogens (tertiary/aromatic N) is 2. The van der Waals surface area contributed by atoms with Crippen LogP contribution in [0.2, 0.25) is 0 Å². The van der Waals surface area contributed by atoms with Gasteiger partial charge in [0.25, 0.3) is 0 Å². The number of hydrogen-bond donors (Lipinski definition) is 1. The lowest BCUT2D eigenvalue weighted by molar-refractivity contribution is 0.222. The Morgan fingerprint density at radius 3 is 2.75 bits per heavy atom. The summed E-state index contributed by atoms with van der Waals surface area (Å²) in [4.78, 5) is 0. The molecule has 1 aromatic rings. The highest BCUT2D eigenvalue weighted by molar-refractivity contribution is 5.14. The van der Waals surface area contributed by atoms with Gasteiger partial charge in [0.2, 0.25) is 0 Å². The van der Waals surface area contributed by atoms with Gasteiger partial charge in [0.05, 0.1) is 6.20 Å². The summed E-state index contributed by atoms with van der Waals surface area (Å²) >= 11 is 0. The van der Waals surface area contributed by atoms with Crippen LogP contribution in [0.3, 0.4) is 0 Å². The first kappa shape index (κ1) is 15.6. The van der Waals surface area contributed by atoms with Crippen molar-refractivity contribution in [2.75, 3.05) is 6.54 Å². The Morgan fingerprint density at radius 2 is 2.15 bits per heavy atom. The maximum atomic E-state index is 4.49. The van der Waals surface area contributed by atoms with E-state index in [1.165, 1.54) is 31.2 Å². The van der Waals surface area contributed by atoms with Gasteiger partial charge in [-0.15, -0.1) is 0 Å². The zero-order valence-corrected chi connectivity index (χ0v) is 13.6. The summed E-state index contributed by atoms with van der Waals surface area (Å²) in [6.07, 6.45) is 9.80. The van der Waals surface area contributed by atoms with Crippen LogP contribution < -0.4 is 5.32 Å². The highest BCUT2D eigenvalue weighted by Gasteiger charge is 2.31. The molecule has 20 heavy (non-hydrogen) atoms. The second-order valence-electron chi connectivity index (χ2n) is 6.65. The van der Waals surface area contributed by atoms with E-state index in [4.69, 9.17) is 0 Å². The zero-order chi connectivity index (χ0) is 14.5. The summed E-state index contributed by atoms with van der Waals surface area (Å²) in [7, 11) is 0. The molecule has 0 amide bonds. The third-order valence-corrected chi connectivity index (χ3v) is 4.87. The van der Waals surface area contributed by atoms with Gasteiger partial charge in [0.1, 0.15) is 0 Å². The van der Waals surface area contributed by atoms with E-state index in [-0.39, 0.29) is 0 Å². The fraction of sp³-hybridized carbons (Fsp3) is 0.824. The van der Waals surface area contributed by atoms with E-state index >= 15 is 0 Å². The third kappa shape index (κ3) is 3.85. The summed E-state index contributed by atoms with van der Waals surface area (Å²) in [5, 5.41) is 8.13. The van der Waals surface area contributed by atoms with Gasteiger partial charge in [0.15, 0.2) is 0 Å². The van der Waals surface area contributed by atoms with Crippen molar-refractivity contribution >= 4 is 0 Å². The molecule has 1 N–H and O–H groups in total. The number of aryl methyl sites for hydroxylation is 1. The molecule has 3 atom stereocenters. The van der Waals surface area contributed by atoms with Crippen molar-refractivity contribution in [3.63, 3.8) is 0 Å². The minimum absolute atomic E-state index is 0.581. The molecule has 3 unspecified atom stereocenters. The fourth-order valence-electron chi connectivity index (χ4n) is 3.47. The highest BCUT2D eigenvalue weighted by Crippen LogP contribution is 2.41. The van der Waals surface area contributed by atoms with Crippen molar-refractivity contribution in [2.45, 2.75) is 71.9 Å². The van der Waals surface area contributed by atoms with Gasteiger partial charge in [-0.05, 0) is 49.6 Å². The van der Waals surface area contributed by atoms with Gasteiger partial charge >= 0.3 is 0 Å². The van der Waals surface area contributed by atoms with Crippen LogP contribution in [0.5, 0.6) is 0 Å². The van der Waals surface area contributed by atoms with Crippen molar-refractivity contribution in [1.82, 2.24) is 15.1 Å². The lowest BCUT2D eigenvalue weighted by atomic mass is 9.71. The highest BCUT2D eigenvalue weighted by atomic mass is 15.3. The van der Waals surface area contributed by atoms with Crippen LogP contribution in [0.25, 0.3) is 0 Å². The number of hydrogen-bond acceptors (Lipinski definition) is 2. The van der Waals surface area contributed by atoms with Crippen molar-refractivity contribution in [1.29, 1.82) is 0 Å². The average Bonchev–Trinajstić information content (AvgIpc) is 2.93. The number of nitrogens with one attached hydrogen (secondary N) is 1. The SMILES string of the molecule is CCC1CCC(CNC(C)C)C(c2cnn(CC)c2)C1. The third-order valence-electron chi connectivity index (χ3n) is 4.87. The fourth-order valence-corrected chi connectivity index (χ4v) is 3.47. The summed E-state index contributed by atoms with van der Waals surface area (Å²) in [5.74, 6) is 2.37. The van der Waals surface area contributed by atoms with E-state index in [1.807, 2.05) is 0 Å². The molecule has 0 radical (unpaired) electrons. The van der Waals surface area contributed by atoms with Crippen LogP contribution in [-0.4, -0.2) is 22.4 Å². The molecule has 1 heterocycles. The Balaban J connectivity index is 2.08. The molecule has 0 aliphatic heterocycles. The molecule has 0 bridgehead atoms. The van der Waals surface area contributed by atoms with Crippen LogP contribution in [0.1, 0.15) is 64.9 Å². The Morgan fingerprint density at radius 1 is 1.35 bits per heavy atom. The molecule has 1 fully saturated rings. The van der Waals surface area contributed by atoms with Crippen LogP contribution >= 0.6 is 0 Å². The second-order valence-corrected chi connectivity index (χ2v) is 6.65. The molecule has 114 valence electrons. The molecule has 2 rings (SSSR count). The molecule has 0 saturated heterocycles. The molecular formula is C17H31N3. The van der Waals surface area contributed by atoms with Crippen molar-refractivity contribution < 1.29 is 0 Å². The van der Waals surface area contributed by atoms with Crippen LogP contribution in [-0.2, 0) is 6.54 Å². The quantitative estimate of drug-likeness (QED) is 0.857. The topological polar surface area (TPSA) is 29.9 Å². The van der Waals surface area contributed by atoms with Crippen LogP contribution in [0.4, 0.5) is 0 Å². The normalized spacial score (nSPS) is 27.1. The molecule has 0 spiro atoms. The van der Waals surface area contributed by atoms with E-state index in [0.29, 0.717) is 12.0 Å². The van der Waals surface area contributed by atoms with E-state index in [2.05, 4.69) is 55.2 Å². The summed E-state index contributed by atoms with van der Waals surface area (Å²) < 4.78 is 2.07. The molecule has 1 aromatic heterocycles. The number of rotatable bonds is 6. The Hall–Kier alpha value is -0.830. The first-order valence-electron chi connectivity index (χ1n) is 8.39. The van der Waals surface area contributed by atoms with Gasteiger partial charge in [-0.25, -0.2) is 0 Å². The standard InChI is InChI=1S/C17H31N3/c1-5-14-7-8-15(10-18-13(3)4)17(9-14)16-11-19-20(6-2)12-16/h11-15,17-18H,5-10H2,1-4H3. The number of aromatic nitrogens is 2. The first-order chi connectivity index (χ1) is 9.63. The second kappa shape index (κ2) is 7.26. The molecular weight excluding hydrogens is 246 g/mol. The minimum atomic E-state index is 0.581. The predicted octanol–water partition coefficient (Wildman–Crippen LogP) is 3.81. The van der Waals surface area contributed by atoms with Gasteiger partial charge < -0.3 is 5.32 Å². The summed E-state index contributed by atoms with van der Waals surface area (Å²) in [6.45, 7) is 11.1. The van der Waals surface area contributed by atoms with Gasteiger partial charge in [0, 0.05) is 18.8 Å². The molecule has 3 nitrogen and oxygen atoms in total. The summed E-state index contributed by atoms with van der Waals surface area (Å²) in [6, 6.07) is 0.581.